The third-order valence-electron chi connectivity index (χ3n) is 5.65. The van der Waals surface area contributed by atoms with Crippen molar-refractivity contribution in [2.24, 2.45) is 5.92 Å². The van der Waals surface area contributed by atoms with Crippen LogP contribution in [0.4, 0.5) is 0 Å². The molecule has 0 bridgehead atoms. The first-order chi connectivity index (χ1) is 12.2. The molecule has 3 fully saturated rings. The molecule has 0 radical (unpaired) electrons. The van der Waals surface area contributed by atoms with Crippen LogP contribution in [-0.4, -0.2) is 40.1 Å². The summed E-state index contributed by atoms with van der Waals surface area (Å²) in [4.78, 5) is 17.7. The lowest BCUT2D eigenvalue weighted by Crippen LogP contribution is -2.19. The summed E-state index contributed by atoms with van der Waals surface area (Å²) < 4.78 is 13.0. The van der Waals surface area contributed by atoms with Gasteiger partial charge in [-0.2, -0.15) is 5.10 Å². The highest BCUT2D eigenvalue weighted by Gasteiger charge is 2.33. The third-order valence-corrected chi connectivity index (χ3v) is 5.65. The minimum absolute atomic E-state index is 0.138. The molecule has 5 rings (SSSR count). The van der Waals surface area contributed by atoms with Crippen LogP contribution in [0.25, 0.3) is 11.0 Å². The van der Waals surface area contributed by atoms with Crippen molar-refractivity contribution < 1.29 is 14.3 Å². The number of hydrogen-bond acceptors (Lipinski definition) is 5. The van der Waals surface area contributed by atoms with Crippen LogP contribution in [0.3, 0.4) is 0 Å². The number of pyridine rings is 1. The first-order valence-corrected chi connectivity index (χ1v) is 9.37. The fourth-order valence-electron chi connectivity index (χ4n) is 3.69. The molecular weight excluding hydrogens is 318 g/mol. The summed E-state index contributed by atoms with van der Waals surface area (Å²) in [5.74, 6) is 0.884. The monoisotopic (exact) mass is 341 g/mol. The summed E-state index contributed by atoms with van der Waals surface area (Å²) in [6.07, 6.45) is 7.21. The number of carbonyl (C=O) groups is 1. The summed E-state index contributed by atoms with van der Waals surface area (Å²) in [7, 11) is 0. The molecule has 6 heteroatoms. The maximum absolute atomic E-state index is 12.8. The zero-order chi connectivity index (χ0) is 17.0. The Kier molecular flexibility index (Phi) is 3.55. The van der Waals surface area contributed by atoms with Crippen molar-refractivity contribution in [3.63, 3.8) is 0 Å². The number of rotatable bonds is 5. The van der Waals surface area contributed by atoms with Gasteiger partial charge in [-0.25, -0.2) is 14.5 Å². The van der Waals surface area contributed by atoms with E-state index in [9.17, 15) is 4.79 Å². The first kappa shape index (κ1) is 15.3. The molecule has 0 amide bonds. The molecule has 0 spiro atoms. The van der Waals surface area contributed by atoms with Crippen LogP contribution in [0.15, 0.2) is 12.3 Å². The van der Waals surface area contributed by atoms with Gasteiger partial charge in [-0.3, -0.25) is 0 Å². The molecule has 2 aromatic heterocycles. The maximum Gasteiger partial charge on any atom is 0.339 e. The van der Waals surface area contributed by atoms with E-state index in [1.54, 1.807) is 6.20 Å². The second-order valence-corrected chi connectivity index (χ2v) is 7.66. The summed E-state index contributed by atoms with van der Waals surface area (Å²) >= 11 is 0. The van der Waals surface area contributed by atoms with Gasteiger partial charge in [0.2, 0.25) is 0 Å². The quantitative estimate of drug-likeness (QED) is 0.781. The molecule has 3 heterocycles. The summed E-state index contributed by atoms with van der Waals surface area (Å²) in [5, 5.41) is 5.38. The highest BCUT2D eigenvalue weighted by Crippen LogP contribution is 2.42. The Morgan fingerprint density at radius 1 is 1.32 bits per heavy atom. The predicted octanol–water partition coefficient (Wildman–Crippen LogP) is 3.23. The Morgan fingerprint density at radius 2 is 2.16 bits per heavy atom. The Balaban J connectivity index is 1.55. The molecule has 0 unspecified atom stereocenters. The highest BCUT2D eigenvalue weighted by atomic mass is 16.6. The van der Waals surface area contributed by atoms with E-state index < -0.39 is 0 Å². The van der Waals surface area contributed by atoms with Gasteiger partial charge in [0.15, 0.2) is 5.65 Å². The molecule has 25 heavy (non-hydrogen) atoms. The van der Waals surface area contributed by atoms with Crippen LogP contribution in [0.5, 0.6) is 0 Å². The van der Waals surface area contributed by atoms with Crippen LogP contribution < -0.4 is 0 Å². The van der Waals surface area contributed by atoms with Crippen LogP contribution in [0, 0.1) is 5.92 Å². The van der Waals surface area contributed by atoms with Gasteiger partial charge in [0.05, 0.1) is 36.4 Å². The molecule has 1 aliphatic heterocycles. The molecule has 3 aliphatic rings. The number of aromatic nitrogens is 3. The second-order valence-electron chi connectivity index (χ2n) is 7.66. The molecule has 2 aliphatic carbocycles. The van der Waals surface area contributed by atoms with E-state index in [0.29, 0.717) is 36.7 Å². The predicted molar refractivity (Wildman–Crippen MR) is 91.6 cm³/mol. The van der Waals surface area contributed by atoms with Gasteiger partial charge in [-0.05, 0) is 44.6 Å². The Labute approximate surface area is 146 Å². The maximum atomic E-state index is 12.8. The summed E-state index contributed by atoms with van der Waals surface area (Å²) in [5.41, 5.74) is 2.44. The summed E-state index contributed by atoms with van der Waals surface area (Å²) in [6.45, 7) is 3.35. The standard InChI is InChI=1S/C19H23N3O3/c1-11(12-2-3-12)22-18-16(9-20-22)15(8-17(21-18)13-4-5-13)19(23)25-14-6-7-24-10-14/h8-9,11-14H,2-7,10H2,1H3/t11-,14-/m1/s1. The minimum atomic E-state index is -0.275. The van der Waals surface area contributed by atoms with Crippen molar-refractivity contribution >= 4 is 17.0 Å². The smallest absolute Gasteiger partial charge is 0.339 e. The van der Waals surface area contributed by atoms with Gasteiger partial charge in [-0.15, -0.1) is 0 Å². The summed E-state index contributed by atoms with van der Waals surface area (Å²) in [6, 6.07) is 2.25. The van der Waals surface area contributed by atoms with Gasteiger partial charge in [0.1, 0.15) is 6.10 Å². The number of nitrogens with zero attached hydrogens (tertiary/aromatic N) is 3. The van der Waals surface area contributed by atoms with Crippen molar-refractivity contribution in [1.29, 1.82) is 0 Å². The third kappa shape index (κ3) is 2.82. The molecule has 1 saturated heterocycles. The van der Waals surface area contributed by atoms with Crippen LogP contribution in [-0.2, 0) is 9.47 Å². The lowest BCUT2D eigenvalue weighted by molar-refractivity contribution is 0.0273. The average molecular weight is 341 g/mol. The Bertz CT molecular complexity index is 817. The van der Waals surface area contributed by atoms with Crippen molar-refractivity contribution in [2.75, 3.05) is 13.2 Å². The number of carbonyl (C=O) groups excluding carboxylic acids is 1. The second kappa shape index (κ2) is 5.80. The lowest BCUT2D eigenvalue weighted by Gasteiger charge is -2.14. The van der Waals surface area contributed by atoms with Crippen LogP contribution >= 0.6 is 0 Å². The van der Waals surface area contributed by atoms with Crippen LogP contribution in [0.2, 0.25) is 0 Å². The van der Waals surface area contributed by atoms with Gasteiger partial charge < -0.3 is 9.47 Å². The first-order valence-electron chi connectivity index (χ1n) is 9.37. The van der Waals surface area contributed by atoms with Gasteiger partial charge in [0.25, 0.3) is 0 Å². The molecule has 2 aromatic rings. The molecule has 2 atom stereocenters. The van der Waals surface area contributed by atoms with E-state index in [-0.39, 0.29) is 12.1 Å². The molecule has 0 N–H and O–H groups in total. The molecular formula is C19H23N3O3. The lowest BCUT2D eigenvalue weighted by atomic mass is 10.1. The van der Waals surface area contributed by atoms with Crippen molar-refractivity contribution in [3.05, 3.63) is 23.5 Å². The van der Waals surface area contributed by atoms with Crippen molar-refractivity contribution in [2.45, 2.75) is 57.1 Å². The topological polar surface area (TPSA) is 66.2 Å². The number of ether oxygens (including phenoxy) is 2. The Morgan fingerprint density at radius 3 is 2.84 bits per heavy atom. The van der Waals surface area contributed by atoms with E-state index in [4.69, 9.17) is 14.5 Å². The largest absolute Gasteiger partial charge is 0.456 e. The fraction of sp³-hybridized carbons (Fsp3) is 0.632. The molecule has 6 nitrogen and oxygen atoms in total. The van der Waals surface area contributed by atoms with Gasteiger partial charge in [0, 0.05) is 18.0 Å². The fourth-order valence-corrected chi connectivity index (χ4v) is 3.69. The normalized spacial score (nSPS) is 24.6. The molecule has 132 valence electrons. The number of esters is 1. The molecule has 0 aromatic carbocycles. The zero-order valence-electron chi connectivity index (χ0n) is 14.5. The number of hydrogen-bond donors (Lipinski definition) is 0. The van der Waals surface area contributed by atoms with E-state index in [0.717, 1.165) is 36.0 Å². The van der Waals surface area contributed by atoms with Gasteiger partial charge in [-0.1, -0.05) is 0 Å². The zero-order valence-corrected chi connectivity index (χ0v) is 14.5. The van der Waals surface area contributed by atoms with E-state index >= 15 is 0 Å². The van der Waals surface area contributed by atoms with E-state index in [1.807, 2.05) is 10.7 Å². The average Bonchev–Trinajstić information content (AvgIpc) is 3.54. The van der Waals surface area contributed by atoms with E-state index in [2.05, 4.69) is 12.0 Å². The molecule has 2 saturated carbocycles. The minimum Gasteiger partial charge on any atom is -0.456 e. The van der Waals surface area contributed by atoms with Gasteiger partial charge >= 0.3 is 5.97 Å². The SMILES string of the molecule is C[C@H](C1CC1)n1ncc2c(C(=O)O[C@@H]3CCOC3)cc(C3CC3)nc21. The van der Waals surface area contributed by atoms with Crippen molar-refractivity contribution in [1.82, 2.24) is 14.8 Å². The van der Waals surface area contributed by atoms with Crippen molar-refractivity contribution in [3.8, 4) is 0 Å². The highest BCUT2D eigenvalue weighted by molar-refractivity contribution is 6.02. The Hall–Kier alpha value is -1.95. The number of fused-ring (bicyclic) bond motifs is 1. The van der Waals surface area contributed by atoms with Crippen LogP contribution in [0.1, 0.15) is 67.0 Å². The van der Waals surface area contributed by atoms with E-state index in [1.165, 1.54) is 12.8 Å².